The van der Waals surface area contributed by atoms with Gasteiger partial charge in [0.25, 0.3) is 5.91 Å². The molecular formula is C24H23N3O4. The second-order valence-corrected chi connectivity index (χ2v) is 8.74. The molecule has 7 heteroatoms. The lowest BCUT2D eigenvalue weighted by Gasteiger charge is -2.53. The largest absolute Gasteiger partial charge is 0.454 e. The monoisotopic (exact) mass is 417 g/mol. The van der Waals surface area contributed by atoms with Gasteiger partial charge in [0.2, 0.25) is 6.79 Å². The van der Waals surface area contributed by atoms with E-state index in [1.807, 2.05) is 41.2 Å². The quantitative estimate of drug-likeness (QED) is 0.691. The highest BCUT2D eigenvalue weighted by atomic mass is 16.7. The standard InChI is InChI=1S/C24H23N3O4/c28-23(26-18-11-24(12-18)13-29-14-24)20-9-17(10-21-22(20)31-15-30-21)8-16-2-4-19(5-3-16)27-7-1-6-25-27/h1-7,9-10,18H,8,11-15H2,(H,26,28). The number of hydrogen-bond donors (Lipinski definition) is 1. The summed E-state index contributed by atoms with van der Waals surface area (Å²) in [5.41, 5.74) is 4.02. The Bertz CT molecular complexity index is 1110. The first-order chi connectivity index (χ1) is 15.2. The molecule has 0 unspecified atom stereocenters. The Morgan fingerprint density at radius 2 is 1.97 bits per heavy atom. The van der Waals surface area contributed by atoms with Crippen LogP contribution in [0.5, 0.6) is 11.5 Å². The highest BCUT2D eigenvalue weighted by molar-refractivity contribution is 5.98. The smallest absolute Gasteiger partial charge is 0.255 e. The van der Waals surface area contributed by atoms with Crippen molar-refractivity contribution in [3.8, 4) is 17.2 Å². The van der Waals surface area contributed by atoms with E-state index in [0.717, 1.165) is 42.9 Å². The molecular weight excluding hydrogens is 394 g/mol. The molecule has 1 aromatic heterocycles. The van der Waals surface area contributed by atoms with Crippen LogP contribution in [0.2, 0.25) is 0 Å². The van der Waals surface area contributed by atoms with Gasteiger partial charge in [-0.1, -0.05) is 12.1 Å². The van der Waals surface area contributed by atoms with E-state index in [9.17, 15) is 4.79 Å². The first-order valence-electron chi connectivity index (χ1n) is 10.6. The third-order valence-corrected chi connectivity index (χ3v) is 6.40. The average molecular weight is 417 g/mol. The molecule has 7 nitrogen and oxygen atoms in total. The second kappa shape index (κ2) is 7.13. The van der Waals surface area contributed by atoms with E-state index in [-0.39, 0.29) is 18.7 Å². The second-order valence-electron chi connectivity index (χ2n) is 8.74. The van der Waals surface area contributed by atoms with E-state index < -0.39 is 0 Å². The molecule has 3 heterocycles. The molecule has 6 rings (SSSR count). The number of ether oxygens (including phenoxy) is 3. The van der Waals surface area contributed by atoms with Crippen LogP contribution in [-0.2, 0) is 11.2 Å². The van der Waals surface area contributed by atoms with Crippen molar-refractivity contribution in [1.29, 1.82) is 0 Å². The van der Waals surface area contributed by atoms with Crippen molar-refractivity contribution in [2.45, 2.75) is 25.3 Å². The van der Waals surface area contributed by atoms with Gasteiger partial charge in [-0.25, -0.2) is 4.68 Å². The molecule has 3 aromatic rings. The Morgan fingerprint density at radius 3 is 2.68 bits per heavy atom. The number of amides is 1. The van der Waals surface area contributed by atoms with Gasteiger partial charge in [0.05, 0.1) is 24.5 Å². The lowest BCUT2D eigenvalue weighted by molar-refractivity contribution is -0.165. The Balaban J connectivity index is 1.20. The summed E-state index contributed by atoms with van der Waals surface area (Å²) < 4.78 is 18.4. The Hall–Kier alpha value is -3.32. The van der Waals surface area contributed by atoms with E-state index in [1.165, 1.54) is 0 Å². The van der Waals surface area contributed by atoms with Gasteiger partial charge < -0.3 is 19.5 Å². The lowest BCUT2D eigenvalue weighted by atomic mass is 9.64. The van der Waals surface area contributed by atoms with E-state index in [0.29, 0.717) is 28.9 Å². The van der Waals surface area contributed by atoms with E-state index in [2.05, 4.69) is 22.5 Å². The fourth-order valence-electron chi connectivity index (χ4n) is 4.74. The summed E-state index contributed by atoms with van der Waals surface area (Å²) in [5.74, 6) is 1.07. The Kier molecular flexibility index (Phi) is 4.24. The predicted molar refractivity (Wildman–Crippen MR) is 113 cm³/mol. The maximum Gasteiger partial charge on any atom is 0.255 e. The third-order valence-electron chi connectivity index (χ3n) is 6.40. The summed E-state index contributed by atoms with van der Waals surface area (Å²) in [7, 11) is 0. The molecule has 2 aromatic carbocycles. The van der Waals surface area contributed by atoms with Crippen LogP contribution in [0.25, 0.3) is 5.69 Å². The normalized spacial score (nSPS) is 18.5. The first kappa shape index (κ1) is 18.4. The van der Waals surface area contributed by atoms with Gasteiger partial charge in [0.15, 0.2) is 11.5 Å². The summed E-state index contributed by atoms with van der Waals surface area (Å²) in [5, 5.41) is 7.42. The van der Waals surface area contributed by atoms with Crippen LogP contribution < -0.4 is 14.8 Å². The molecule has 1 amide bonds. The number of hydrogen-bond acceptors (Lipinski definition) is 5. The van der Waals surface area contributed by atoms with E-state index in [4.69, 9.17) is 14.2 Å². The molecule has 1 saturated heterocycles. The minimum absolute atomic E-state index is 0.0993. The highest BCUT2D eigenvalue weighted by Gasteiger charge is 2.50. The van der Waals surface area contributed by atoms with Crippen LogP contribution in [0.4, 0.5) is 0 Å². The van der Waals surface area contributed by atoms with E-state index >= 15 is 0 Å². The van der Waals surface area contributed by atoms with Crippen LogP contribution in [-0.4, -0.2) is 41.7 Å². The van der Waals surface area contributed by atoms with Gasteiger partial charge in [-0.15, -0.1) is 0 Å². The van der Waals surface area contributed by atoms with Gasteiger partial charge in [-0.3, -0.25) is 4.79 Å². The molecule has 0 bridgehead atoms. The summed E-state index contributed by atoms with van der Waals surface area (Å²) in [4.78, 5) is 13.0. The number of carbonyl (C=O) groups is 1. The molecule has 0 radical (unpaired) electrons. The molecule has 2 fully saturated rings. The van der Waals surface area contributed by atoms with Crippen molar-refractivity contribution in [3.63, 3.8) is 0 Å². The number of aromatic nitrogens is 2. The molecule has 3 aliphatic rings. The number of carbonyl (C=O) groups excluding carboxylic acids is 1. The topological polar surface area (TPSA) is 74.6 Å². The first-order valence-corrected chi connectivity index (χ1v) is 10.6. The SMILES string of the molecule is O=C(NC1CC2(COC2)C1)c1cc(Cc2ccc(-n3cccn3)cc2)cc2c1OCO2. The number of fused-ring (bicyclic) bond motifs is 1. The number of benzene rings is 2. The minimum Gasteiger partial charge on any atom is -0.454 e. The van der Waals surface area contributed by atoms with Crippen molar-refractivity contribution in [1.82, 2.24) is 15.1 Å². The zero-order valence-corrected chi connectivity index (χ0v) is 17.0. The van der Waals surface area contributed by atoms with Crippen molar-refractivity contribution >= 4 is 5.91 Å². The van der Waals surface area contributed by atoms with Crippen LogP contribution in [0, 0.1) is 5.41 Å². The molecule has 158 valence electrons. The van der Waals surface area contributed by atoms with Crippen LogP contribution in [0.3, 0.4) is 0 Å². The fraction of sp³-hybridized carbons (Fsp3) is 0.333. The molecule has 0 atom stereocenters. The van der Waals surface area contributed by atoms with Gasteiger partial charge in [-0.05, 0) is 60.7 Å². The van der Waals surface area contributed by atoms with Gasteiger partial charge in [0, 0.05) is 23.9 Å². The summed E-state index contributed by atoms with van der Waals surface area (Å²) in [6.45, 7) is 1.78. The number of rotatable bonds is 5. The predicted octanol–water partition coefficient (Wildman–Crippen LogP) is 3.10. The van der Waals surface area contributed by atoms with Crippen molar-refractivity contribution in [2.24, 2.45) is 5.41 Å². The van der Waals surface area contributed by atoms with Gasteiger partial charge in [-0.2, -0.15) is 5.10 Å². The lowest BCUT2D eigenvalue weighted by Crippen LogP contribution is -2.59. The maximum absolute atomic E-state index is 13.0. The summed E-state index contributed by atoms with van der Waals surface area (Å²) in [6, 6.07) is 14.2. The van der Waals surface area contributed by atoms with Crippen molar-refractivity contribution < 1.29 is 19.0 Å². The Labute approximate surface area is 179 Å². The molecule has 1 N–H and O–H groups in total. The molecule has 1 spiro atoms. The van der Waals surface area contributed by atoms with Gasteiger partial charge >= 0.3 is 0 Å². The van der Waals surface area contributed by atoms with Crippen LogP contribution >= 0.6 is 0 Å². The number of nitrogens with one attached hydrogen (secondary N) is 1. The maximum atomic E-state index is 13.0. The highest BCUT2D eigenvalue weighted by Crippen LogP contribution is 2.47. The Morgan fingerprint density at radius 1 is 1.13 bits per heavy atom. The molecule has 1 aliphatic carbocycles. The van der Waals surface area contributed by atoms with Crippen molar-refractivity contribution in [2.75, 3.05) is 20.0 Å². The molecule has 31 heavy (non-hydrogen) atoms. The zero-order chi connectivity index (χ0) is 20.8. The molecule has 2 aliphatic heterocycles. The molecule has 1 saturated carbocycles. The van der Waals surface area contributed by atoms with E-state index in [1.54, 1.807) is 6.20 Å². The number of nitrogens with zero attached hydrogens (tertiary/aromatic N) is 2. The zero-order valence-electron chi connectivity index (χ0n) is 17.0. The third kappa shape index (κ3) is 3.35. The van der Waals surface area contributed by atoms with Crippen molar-refractivity contribution in [3.05, 3.63) is 71.5 Å². The summed E-state index contributed by atoms with van der Waals surface area (Å²) >= 11 is 0. The van der Waals surface area contributed by atoms with Crippen LogP contribution in [0.15, 0.2) is 54.9 Å². The fourth-order valence-corrected chi connectivity index (χ4v) is 4.74. The average Bonchev–Trinajstić information content (AvgIpc) is 3.40. The summed E-state index contributed by atoms with van der Waals surface area (Å²) in [6.07, 6.45) is 6.34. The van der Waals surface area contributed by atoms with Gasteiger partial charge in [0.1, 0.15) is 0 Å². The minimum atomic E-state index is -0.0993. The van der Waals surface area contributed by atoms with Crippen LogP contribution in [0.1, 0.15) is 34.3 Å².